The first-order valence-electron chi connectivity index (χ1n) is 10.5. The van der Waals surface area contributed by atoms with Crippen LogP contribution in [0.2, 0.25) is 0 Å². The number of fused-ring (bicyclic) bond motifs is 2. The SMILES string of the molecule is COc1c2c(cc3oc(CO[C@H]4O[C@@H](CO)[C@H](O)[C@@H](O)[C@@H]4O)cc(=O)c13)O[C@H](C(C)(C)O)C2. The zero-order valence-corrected chi connectivity index (χ0v) is 18.4. The van der Waals surface area contributed by atoms with Crippen molar-refractivity contribution in [2.45, 2.75) is 69.3 Å². The molecule has 1 aromatic carbocycles. The van der Waals surface area contributed by atoms with Gasteiger partial charge in [-0.05, 0) is 13.8 Å². The molecule has 1 saturated heterocycles. The monoisotopic (exact) mass is 468 g/mol. The zero-order valence-electron chi connectivity index (χ0n) is 18.4. The maximum Gasteiger partial charge on any atom is 0.196 e. The summed E-state index contributed by atoms with van der Waals surface area (Å²) in [7, 11) is 1.43. The summed E-state index contributed by atoms with van der Waals surface area (Å²) in [6, 6.07) is 2.77. The Labute approximate surface area is 188 Å². The van der Waals surface area contributed by atoms with E-state index in [-0.39, 0.29) is 23.3 Å². The van der Waals surface area contributed by atoms with E-state index in [9.17, 15) is 30.3 Å². The molecule has 0 spiro atoms. The number of aliphatic hydroxyl groups is 5. The van der Waals surface area contributed by atoms with Gasteiger partial charge in [0.1, 0.15) is 65.4 Å². The van der Waals surface area contributed by atoms with Crippen molar-refractivity contribution in [1.82, 2.24) is 0 Å². The van der Waals surface area contributed by atoms with Gasteiger partial charge in [-0.25, -0.2) is 0 Å². The third-order valence-electron chi connectivity index (χ3n) is 5.98. The van der Waals surface area contributed by atoms with Crippen LogP contribution in [0.1, 0.15) is 25.2 Å². The van der Waals surface area contributed by atoms with E-state index in [0.29, 0.717) is 23.5 Å². The predicted octanol–water partition coefficient (Wildman–Crippen LogP) is -0.808. The highest BCUT2D eigenvalue weighted by molar-refractivity contribution is 5.87. The molecule has 5 N–H and O–H groups in total. The van der Waals surface area contributed by atoms with E-state index in [1.54, 1.807) is 19.9 Å². The first kappa shape index (κ1) is 23.9. The van der Waals surface area contributed by atoms with E-state index in [1.165, 1.54) is 13.2 Å². The van der Waals surface area contributed by atoms with Crippen molar-refractivity contribution >= 4 is 11.0 Å². The van der Waals surface area contributed by atoms with Crippen molar-refractivity contribution in [3.63, 3.8) is 0 Å². The molecular formula is C22H28O11. The zero-order chi connectivity index (χ0) is 24.1. The molecule has 2 aliphatic rings. The van der Waals surface area contributed by atoms with Gasteiger partial charge in [0.25, 0.3) is 0 Å². The van der Waals surface area contributed by atoms with E-state index in [0.717, 1.165) is 0 Å². The number of hydrogen-bond donors (Lipinski definition) is 5. The Morgan fingerprint density at radius 1 is 1.15 bits per heavy atom. The number of aliphatic hydroxyl groups excluding tert-OH is 4. The topological polar surface area (TPSA) is 168 Å². The average Bonchev–Trinajstić information content (AvgIpc) is 3.20. The molecule has 1 fully saturated rings. The first-order valence-corrected chi connectivity index (χ1v) is 10.5. The molecule has 11 nitrogen and oxygen atoms in total. The lowest BCUT2D eigenvalue weighted by Gasteiger charge is -2.39. The highest BCUT2D eigenvalue weighted by Crippen LogP contribution is 2.43. The van der Waals surface area contributed by atoms with Gasteiger partial charge in [-0.1, -0.05) is 0 Å². The summed E-state index contributed by atoms with van der Waals surface area (Å²) in [5.74, 6) is 0.842. The molecule has 6 atom stereocenters. The van der Waals surface area contributed by atoms with Gasteiger partial charge >= 0.3 is 0 Å². The van der Waals surface area contributed by atoms with Gasteiger partial charge in [0, 0.05) is 24.1 Å². The van der Waals surface area contributed by atoms with Gasteiger partial charge in [0.2, 0.25) is 0 Å². The van der Waals surface area contributed by atoms with Crippen molar-refractivity contribution in [2.24, 2.45) is 0 Å². The Bertz CT molecular complexity index is 1070. The van der Waals surface area contributed by atoms with Crippen LogP contribution in [0.25, 0.3) is 11.0 Å². The van der Waals surface area contributed by atoms with Crippen LogP contribution < -0.4 is 14.9 Å². The summed E-state index contributed by atoms with van der Waals surface area (Å²) < 4.78 is 27.9. The van der Waals surface area contributed by atoms with Gasteiger partial charge in [0.15, 0.2) is 11.7 Å². The predicted molar refractivity (Wildman–Crippen MR) is 112 cm³/mol. The lowest BCUT2D eigenvalue weighted by atomic mass is 9.96. The van der Waals surface area contributed by atoms with Crippen LogP contribution in [0, 0.1) is 0 Å². The van der Waals surface area contributed by atoms with Crippen molar-refractivity contribution in [3.8, 4) is 11.5 Å². The molecule has 0 aliphatic carbocycles. The summed E-state index contributed by atoms with van der Waals surface area (Å²) >= 11 is 0. The molecule has 0 saturated carbocycles. The van der Waals surface area contributed by atoms with Crippen molar-refractivity contribution in [2.75, 3.05) is 13.7 Å². The van der Waals surface area contributed by atoms with Gasteiger partial charge in [-0.3, -0.25) is 4.79 Å². The summed E-state index contributed by atoms with van der Waals surface area (Å²) in [6.45, 7) is 2.37. The first-order chi connectivity index (χ1) is 15.5. The summed E-state index contributed by atoms with van der Waals surface area (Å²) in [4.78, 5) is 12.9. The molecule has 2 aliphatic heterocycles. The lowest BCUT2D eigenvalue weighted by Crippen LogP contribution is -2.59. The molecule has 3 heterocycles. The van der Waals surface area contributed by atoms with E-state index < -0.39 is 54.4 Å². The van der Waals surface area contributed by atoms with Gasteiger partial charge < -0.3 is 48.9 Å². The van der Waals surface area contributed by atoms with Crippen molar-refractivity contribution in [1.29, 1.82) is 0 Å². The average molecular weight is 468 g/mol. The molecule has 0 radical (unpaired) electrons. The quantitative estimate of drug-likeness (QED) is 0.360. The number of ether oxygens (including phenoxy) is 4. The fourth-order valence-corrected chi connectivity index (χ4v) is 4.09. The number of hydrogen-bond acceptors (Lipinski definition) is 11. The Hall–Kier alpha value is -2.25. The second-order valence-electron chi connectivity index (χ2n) is 8.81. The number of benzene rings is 1. The van der Waals surface area contributed by atoms with Crippen LogP contribution >= 0.6 is 0 Å². The van der Waals surface area contributed by atoms with Crippen molar-refractivity contribution in [3.05, 3.63) is 33.7 Å². The normalized spacial score (nSPS) is 29.7. The fraction of sp³-hybridized carbons (Fsp3) is 0.591. The minimum Gasteiger partial charge on any atom is -0.495 e. The molecule has 0 unspecified atom stereocenters. The molecule has 2 aromatic rings. The van der Waals surface area contributed by atoms with Gasteiger partial charge in [-0.15, -0.1) is 0 Å². The van der Waals surface area contributed by atoms with Crippen LogP contribution in [0.15, 0.2) is 21.3 Å². The minimum atomic E-state index is -1.59. The summed E-state index contributed by atoms with van der Waals surface area (Å²) in [5.41, 5.74) is -0.662. The summed E-state index contributed by atoms with van der Waals surface area (Å²) in [6.07, 6.45) is -7.33. The molecule has 0 bridgehead atoms. The van der Waals surface area contributed by atoms with Gasteiger partial charge in [-0.2, -0.15) is 0 Å². The lowest BCUT2D eigenvalue weighted by molar-refractivity contribution is -0.304. The van der Waals surface area contributed by atoms with Crippen LogP contribution in [0.3, 0.4) is 0 Å². The molecule has 4 rings (SSSR count). The minimum absolute atomic E-state index is 0.100. The smallest absolute Gasteiger partial charge is 0.196 e. The maximum atomic E-state index is 12.9. The Balaban J connectivity index is 1.61. The van der Waals surface area contributed by atoms with E-state index >= 15 is 0 Å². The largest absolute Gasteiger partial charge is 0.495 e. The Kier molecular flexibility index (Phi) is 6.40. The van der Waals surface area contributed by atoms with E-state index in [4.69, 9.17) is 23.4 Å². The molecule has 182 valence electrons. The second kappa shape index (κ2) is 8.84. The van der Waals surface area contributed by atoms with Crippen LogP contribution in [-0.2, 0) is 22.5 Å². The Morgan fingerprint density at radius 2 is 1.88 bits per heavy atom. The number of methoxy groups -OCH3 is 1. The fourth-order valence-electron chi connectivity index (χ4n) is 4.09. The van der Waals surface area contributed by atoms with Crippen LogP contribution in [0.4, 0.5) is 0 Å². The molecule has 0 amide bonds. The summed E-state index contributed by atoms with van der Waals surface area (Å²) in [5, 5.41) is 49.7. The third kappa shape index (κ3) is 4.33. The second-order valence-corrected chi connectivity index (χ2v) is 8.81. The highest BCUT2D eigenvalue weighted by atomic mass is 16.7. The van der Waals surface area contributed by atoms with Crippen molar-refractivity contribution < 1.29 is 48.9 Å². The van der Waals surface area contributed by atoms with Crippen LogP contribution in [0.5, 0.6) is 11.5 Å². The molecule has 1 aromatic heterocycles. The molecular weight excluding hydrogens is 440 g/mol. The molecule has 33 heavy (non-hydrogen) atoms. The highest BCUT2D eigenvalue weighted by Gasteiger charge is 2.44. The van der Waals surface area contributed by atoms with Crippen LogP contribution in [-0.4, -0.2) is 81.7 Å². The third-order valence-corrected chi connectivity index (χ3v) is 5.98. The standard InChI is InChI=1S/C22H28O11/c1-22(2,28)15-5-10-12(32-15)6-13-16(20(10)29-3)11(24)4-9(31-13)8-30-21-19(27)18(26)17(25)14(7-23)33-21/h4,6,14-15,17-19,21,23,25-28H,5,7-8H2,1-3H3/t14-,15-,17-,18+,19-,21-/m0/s1. The Morgan fingerprint density at radius 3 is 2.52 bits per heavy atom. The number of rotatable bonds is 6. The van der Waals surface area contributed by atoms with Gasteiger partial charge in [0.05, 0.1) is 19.3 Å². The van der Waals surface area contributed by atoms with E-state index in [1.807, 2.05) is 0 Å². The molecule has 11 heteroatoms. The maximum absolute atomic E-state index is 12.9. The van der Waals surface area contributed by atoms with E-state index in [2.05, 4.69) is 0 Å².